The van der Waals surface area contributed by atoms with Crippen molar-refractivity contribution >= 4 is 6.29 Å². The van der Waals surface area contributed by atoms with Gasteiger partial charge >= 0.3 is 0 Å². The molecule has 2 rings (SSSR count). The molecule has 0 heterocycles. The van der Waals surface area contributed by atoms with Crippen molar-refractivity contribution < 1.29 is 19.3 Å². The zero-order valence-corrected chi connectivity index (χ0v) is 16.0. The highest BCUT2D eigenvalue weighted by Gasteiger charge is 2.38. The maximum absolute atomic E-state index is 11.1. The van der Waals surface area contributed by atoms with Crippen LogP contribution in [0.1, 0.15) is 43.7 Å². The van der Waals surface area contributed by atoms with E-state index in [4.69, 9.17) is 14.5 Å². The van der Waals surface area contributed by atoms with Gasteiger partial charge in [-0.05, 0) is 19.3 Å². The fraction of sp³-hybridized carbons (Fsp3) is 0.348. The van der Waals surface area contributed by atoms with Gasteiger partial charge in [0.2, 0.25) is 0 Å². The predicted octanol–water partition coefficient (Wildman–Crippen LogP) is 5.19. The Hall–Kier alpha value is -2.27. The standard InChI is InChI=1S/C23H28O4/c1-3-4-5-12-17-22(18-19-24)26-27-23(25-2,20-13-8-6-9-14-20)21-15-10-7-11-16-21/h4-11,13-16,19,22H,3,12,17-18H2,1-2H3/b5-4+. The summed E-state index contributed by atoms with van der Waals surface area (Å²) < 4.78 is 5.83. The van der Waals surface area contributed by atoms with Crippen molar-refractivity contribution in [2.75, 3.05) is 7.11 Å². The quantitative estimate of drug-likeness (QED) is 0.170. The van der Waals surface area contributed by atoms with Crippen LogP contribution in [0.25, 0.3) is 0 Å². The van der Waals surface area contributed by atoms with Gasteiger partial charge in [0, 0.05) is 24.7 Å². The van der Waals surface area contributed by atoms with Crippen molar-refractivity contribution in [1.29, 1.82) is 0 Å². The Morgan fingerprint density at radius 1 is 0.963 bits per heavy atom. The highest BCUT2D eigenvalue weighted by Crippen LogP contribution is 2.35. The number of allylic oxidation sites excluding steroid dienone is 2. The molecule has 4 heteroatoms. The molecule has 2 aromatic carbocycles. The summed E-state index contributed by atoms with van der Waals surface area (Å²) in [6, 6.07) is 19.3. The average Bonchev–Trinajstić information content (AvgIpc) is 2.73. The monoisotopic (exact) mass is 368 g/mol. The van der Waals surface area contributed by atoms with E-state index in [1.165, 1.54) is 0 Å². The highest BCUT2D eigenvalue weighted by atomic mass is 17.2. The number of rotatable bonds is 12. The maximum atomic E-state index is 11.1. The third-order valence-electron chi connectivity index (χ3n) is 4.31. The average molecular weight is 368 g/mol. The van der Waals surface area contributed by atoms with E-state index in [0.29, 0.717) is 6.42 Å². The molecule has 0 radical (unpaired) electrons. The molecule has 0 aliphatic carbocycles. The molecule has 1 atom stereocenters. The fourth-order valence-corrected chi connectivity index (χ4v) is 2.86. The lowest BCUT2D eigenvalue weighted by atomic mass is 9.97. The molecule has 0 saturated heterocycles. The molecule has 144 valence electrons. The van der Waals surface area contributed by atoms with Crippen molar-refractivity contribution in [2.45, 2.75) is 44.5 Å². The highest BCUT2D eigenvalue weighted by molar-refractivity contribution is 5.50. The number of hydrogen-bond acceptors (Lipinski definition) is 4. The molecular weight excluding hydrogens is 340 g/mol. The minimum Gasteiger partial charge on any atom is -0.344 e. The summed E-state index contributed by atoms with van der Waals surface area (Å²) >= 11 is 0. The van der Waals surface area contributed by atoms with Crippen LogP contribution in [0.2, 0.25) is 0 Å². The van der Waals surface area contributed by atoms with E-state index < -0.39 is 5.79 Å². The van der Waals surface area contributed by atoms with Gasteiger partial charge in [0.05, 0.1) is 0 Å². The van der Waals surface area contributed by atoms with Crippen LogP contribution in [0.3, 0.4) is 0 Å². The number of hydrogen-bond donors (Lipinski definition) is 0. The third-order valence-corrected chi connectivity index (χ3v) is 4.31. The molecule has 1 unspecified atom stereocenters. The van der Waals surface area contributed by atoms with Gasteiger partial charge in [-0.2, -0.15) is 4.89 Å². The number of ether oxygens (including phenoxy) is 1. The molecule has 0 aliphatic rings. The van der Waals surface area contributed by atoms with Crippen LogP contribution in [-0.4, -0.2) is 19.5 Å². The summed E-state index contributed by atoms with van der Waals surface area (Å²) in [7, 11) is 1.59. The van der Waals surface area contributed by atoms with Crippen molar-refractivity contribution in [1.82, 2.24) is 0 Å². The summed E-state index contributed by atoms with van der Waals surface area (Å²) in [6.45, 7) is 2.09. The minimum absolute atomic E-state index is 0.267. The van der Waals surface area contributed by atoms with E-state index in [1.54, 1.807) is 7.11 Å². The smallest absolute Gasteiger partial charge is 0.253 e. The van der Waals surface area contributed by atoms with E-state index in [0.717, 1.165) is 30.3 Å². The first-order valence-electron chi connectivity index (χ1n) is 9.36. The molecule has 2 aromatic rings. The van der Waals surface area contributed by atoms with Gasteiger partial charge in [0.25, 0.3) is 5.79 Å². The van der Waals surface area contributed by atoms with Gasteiger partial charge < -0.3 is 9.53 Å². The van der Waals surface area contributed by atoms with Crippen LogP contribution in [0.4, 0.5) is 0 Å². The zero-order valence-electron chi connectivity index (χ0n) is 16.0. The number of aldehydes is 1. The van der Waals surface area contributed by atoms with Crippen LogP contribution in [0, 0.1) is 0 Å². The molecule has 0 spiro atoms. The van der Waals surface area contributed by atoms with Crippen LogP contribution in [-0.2, 0) is 25.1 Å². The summed E-state index contributed by atoms with van der Waals surface area (Å²) in [5.74, 6) is -1.21. The van der Waals surface area contributed by atoms with Gasteiger partial charge in [-0.1, -0.05) is 79.7 Å². The van der Waals surface area contributed by atoms with Crippen molar-refractivity contribution in [3.05, 3.63) is 83.9 Å². The molecule has 0 aromatic heterocycles. The van der Waals surface area contributed by atoms with E-state index in [9.17, 15) is 4.79 Å². The van der Waals surface area contributed by atoms with E-state index in [-0.39, 0.29) is 12.5 Å². The lowest BCUT2D eigenvalue weighted by Crippen LogP contribution is -2.35. The zero-order chi connectivity index (χ0) is 19.4. The molecule has 0 aliphatic heterocycles. The number of benzene rings is 2. The second-order valence-corrected chi connectivity index (χ2v) is 6.21. The van der Waals surface area contributed by atoms with Gasteiger partial charge in [-0.25, -0.2) is 4.89 Å². The fourth-order valence-electron chi connectivity index (χ4n) is 2.86. The maximum Gasteiger partial charge on any atom is 0.253 e. The first-order valence-corrected chi connectivity index (χ1v) is 9.36. The Morgan fingerprint density at radius 2 is 1.56 bits per heavy atom. The van der Waals surface area contributed by atoms with E-state index >= 15 is 0 Å². The lowest BCUT2D eigenvalue weighted by Gasteiger charge is -2.33. The molecule has 0 fully saturated rings. The molecule has 4 nitrogen and oxygen atoms in total. The molecule has 0 amide bonds. The summed E-state index contributed by atoms with van der Waals surface area (Å²) in [5, 5.41) is 0. The molecule has 0 N–H and O–H groups in total. The first-order chi connectivity index (χ1) is 13.3. The summed E-state index contributed by atoms with van der Waals surface area (Å²) in [6.07, 6.45) is 7.49. The Balaban J connectivity index is 2.23. The lowest BCUT2D eigenvalue weighted by molar-refractivity contribution is -0.435. The second-order valence-electron chi connectivity index (χ2n) is 6.21. The van der Waals surface area contributed by atoms with Crippen LogP contribution in [0.5, 0.6) is 0 Å². The molecule has 0 saturated carbocycles. The Labute approximate surface area is 161 Å². The molecule has 27 heavy (non-hydrogen) atoms. The van der Waals surface area contributed by atoms with Crippen molar-refractivity contribution in [3.8, 4) is 0 Å². The van der Waals surface area contributed by atoms with E-state index in [1.807, 2.05) is 60.7 Å². The third kappa shape index (κ3) is 5.86. The van der Waals surface area contributed by atoms with Crippen LogP contribution < -0.4 is 0 Å². The molecule has 0 bridgehead atoms. The van der Waals surface area contributed by atoms with Crippen molar-refractivity contribution in [2.24, 2.45) is 0 Å². The van der Waals surface area contributed by atoms with Gasteiger partial charge in [-0.3, -0.25) is 0 Å². The summed E-state index contributed by atoms with van der Waals surface area (Å²) in [4.78, 5) is 22.7. The SMILES string of the molecule is CC/C=C/CCC(CC=O)OOC(OC)(c1ccccc1)c1ccccc1. The normalized spacial score (nSPS) is 13.0. The van der Waals surface area contributed by atoms with Crippen LogP contribution in [0.15, 0.2) is 72.8 Å². The Morgan fingerprint density at radius 3 is 2.04 bits per heavy atom. The Bertz CT molecular complexity index is 643. The number of carbonyl (C=O) groups excluding carboxylic acids is 1. The minimum atomic E-state index is -1.21. The van der Waals surface area contributed by atoms with Gasteiger partial charge in [0.1, 0.15) is 12.4 Å². The Kier molecular flexibility index (Phi) is 8.92. The topological polar surface area (TPSA) is 44.8 Å². The van der Waals surface area contributed by atoms with E-state index in [2.05, 4.69) is 19.1 Å². The predicted molar refractivity (Wildman–Crippen MR) is 106 cm³/mol. The number of methoxy groups -OCH3 is 1. The second kappa shape index (κ2) is 11.4. The van der Waals surface area contributed by atoms with Gasteiger partial charge in [-0.15, -0.1) is 0 Å². The van der Waals surface area contributed by atoms with Gasteiger partial charge in [0.15, 0.2) is 0 Å². The molecular formula is C23H28O4. The van der Waals surface area contributed by atoms with Crippen molar-refractivity contribution in [3.63, 3.8) is 0 Å². The van der Waals surface area contributed by atoms with Crippen LogP contribution >= 0.6 is 0 Å². The number of carbonyl (C=O) groups is 1. The largest absolute Gasteiger partial charge is 0.344 e. The first kappa shape index (κ1) is 21.0. The summed E-state index contributed by atoms with van der Waals surface area (Å²) in [5.41, 5.74) is 1.63.